The molecular formula is C17H28N2OS. The van der Waals surface area contributed by atoms with Crippen molar-refractivity contribution in [1.82, 2.24) is 10.2 Å². The van der Waals surface area contributed by atoms with Crippen LogP contribution in [-0.2, 0) is 4.79 Å². The highest BCUT2D eigenvalue weighted by Crippen LogP contribution is 2.33. The Kier molecular flexibility index (Phi) is 5.44. The maximum absolute atomic E-state index is 12.5. The van der Waals surface area contributed by atoms with Crippen molar-refractivity contribution >= 4 is 17.2 Å². The van der Waals surface area contributed by atoms with Crippen molar-refractivity contribution in [3.63, 3.8) is 0 Å². The summed E-state index contributed by atoms with van der Waals surface area (Å²) in [5.41, 5.74) is 1.38. The topological polar surface area (TPSA) is 32.3 Å². The zero-order valence-corrected chi connectivity index (χ0v) is 14.5. The second-order valence-corrected chi connectivity index (χ2v) is 7.72. The van der Waals surface area contributed by atoms with Gasteiger partial charge >= 0.3 is 0 Å². The predicted molar refractivity (Wildman–Crippen MR) is 89.3 cm³/mol. The highest BCUT2D eigenvalue weighted by Gasteiger charge is 2.39. The van der Waals surface area contributed by atoms with E-state index in [4.69, 9.17) is 0 Å². The van der Waals surface area contributed by atoms with Gasteiger partial charge in [-0.3, -0.25) is 10.1 Å². The molecule has 1 saturated heterocycles. The number of hydrogen-bond donors (Lipinski definition) is 1. The van der Waals surface area contributed by atoms with Crippen LogP contribution in [0.2, 0.25) is 0 Å². The number of rotatable bonds is 7. The van der Waals surface area contributed by atoms with Gasteiger partial charge in [-0.1, -0.05) is 40.0 Å². The fourth-order valence-electron chi connectivity index (χ4n) is 3.04. The Morgan fingerprint density at radius 3 is 2.76 bits per heavy atom. The summed E-state index contributed by atoms with van der Waals surface area (Å²) in [6.45, 7) is 9.58. The van der Waals surface area contributed by atoms with Crippen molar-refractivity contribution in [2.45, 2.75) is 65.6 Å². The summed E-state index contributed by atoms with van der Waals surface area (Å²) in [6, 6.07) is 2.03. The maximum atomic E-state index is 12.5. The molecule has 0 saturated carbocycles. The second-order valence-electron chi connectivity index (χ2n) is 6.94. The summed E-state index contributed by atoms with van der Waals surface area (Å²) < 4.78 is 0. The molecule has 1 aromatic heterocycles. The fraction of sp³-hybridized carbons (Fsp3) is 0.706. The molecule has 118 valence electrons. The van der Waals surface area contributed by atoms with Crippen LogP contribution in [0.3, 0.4) is 0 Å². The van der Waals surface area contributed by atoms with E-state index in [1.165, 1.54) is 31.2 Å². The van der Waals surface area contributed by atoms with E-state index in [-0.39, 0.29) is 23.5 Å². The molecule has 2 rings (SSSR count). The quantitative estimate of drug-likeness (QED) is 0.767. The van der Waals surface area contributed by atoms with Crippen LogP contribution in [0.25, 0.3) is 0 Å². The van der Waals surface area contributed by atoms with E-state index in [0.717, 1.165) is 6.54 Å². The first-order chi connectivity index (χ1) is 9.94. The molecule has 2 heterocycles. The molecule has 4 heteroatoms. The van der Waals surface area contributed by atoms with E-state index in [9.17, 15) is 4.79 Å². The van der Waals surface area contributed by atoms with Gasteiger partial charge in [-0.05, 0) is 41.1 Å². The summed E-state index contributed by atoms with van der Waals surface area (Å²) >= 11 is 1.69. The Balaban J connectivity index is 2.06. The lowest BCUT2D eigenvalue weighted by molar-refractivity contribution is -0.131. The molecular weight excluding hydrogens is 280 g/mol. The largest absolute Gasteiger partial charge is 0.321 e. The van der Waals surface area contributed by atoms with Crippen LogP contribution < -0.4 is 5.32 Å². The third kappa shape index (κ3) is 4.07. The lowest BCUT2D eigenvalue weighted by Gasteiger charge is -2.33. The van der Waals surface area contributed by atoms with Gasteiger partial charge in [0.15, 0.2) is 0 Å². The summed E-state index contributed by atoms with van der Waals surface area (Å²) in [5, 5.41) is 7.65. The number of amides is 1. The summed E-state index contributed by atoms with van der Waals surface area (Å²) in [6.07, 6.45) is 4.99. The Hall–Kier alpha value is -0.870. The van der Waals surface area contributed by atoms with Crippen molar-refractivity contribution in [2.24, 2.45) is 5.41 Å². The van der Waals surface area contributed by atoms with Crippen LogP contribution in [0, 0.1) is 5.41 Å². The van der Waals surface area contributed by atoms with Gasteiger partial charge in [-0.15, -0.1) is 0 Å². The summed E-state index contributed by atoms with van der Waals surface area (Å²) in [5.74, 6) is 0.231. The zero-order valence-electron chi connectivity index (χ0n) is 13.7. The molecule has 1 fully saturated rings. The molecule has 1 aliphatic heterocycles. The normalized spacial score (nSPS) is 23.0. The van der Waals surface area contributed by atoms with Crippen molar-refractivity contribution in [2.75, 3.05) is 6.54 Å². The minimum atomic E-state index is -0.0821. The van der Waals surface area contributed by atoms with Gasteiger partial charge in [0.2, 0.25) is 5.91 Å². The number of hydrogen-bond acceptors (Lipinski definition) is 3. The average molecular weight is 308 g/mol. The Bertz CT molecular complexity index is 455. The zero-order chi connectivity index (χ0) is 15.5. The number of carbonyl (C=O) groups is 1. The molecule has 1 N–H and O–H groups in total. The van der Waals surface area contributed by atoms with Gasteiger partial charge in [0, 0.05) is 6.54 Å². The van der Waals surface area contributed by atoms with Crippen molar-refractivity contribution in [3.8, 4) is 0 Å². The van der Waals surface area contributed by atoms with Crippen molar-refractivity contribution in [3.05, 3.63) is 22.4 Å². The Labute approximate surface area is 132 Å². The molecule has 3 nitrogen and oxygen atoms in total. The fourth-order valence-corrected chi connectivity index (χ4v) is 3.72. The highest BCUT2D eigenvalue weighted by molar-refractivity contribution is 7.07. The molecule has 0 bridgehead atoms. The van der Waals surface area contributed by atoms with Gasteiger partial charge in [0.1, 0.15) is 6.17 Å². The first kappa shape index (κ1) is 16.5. The third-order valence-corrected chi connectivity index (χ3v) is 4.99. The molecule has 0 aliphatic carbocycles. The molecule has 2 atom stereocenters. The van der Waals surface area contributed by atoms with Crippen LogP contribution in [0.4, 0.5) is 0 Å². The molecule has 1 aromatic rings. The SMILES string of the molecule is CCCCCC(C)(C)CN1C(=O)C(C)NC1c1ccsc1. The Morgan fingerprint density at radius 1 is 1.38 bits per heavy atom. The molecule has 21 heavy (non-hydrogen) atoms. The predicted octanol–water partition coefficient (Wildman–Crippen LogP) is 4.17. The van der Waals surface area contributed by atoms with E-state index in [0.29, 0.717) is 0 Å². The first-order valence-electron chi connectivity index (χ1n) is 8.03. The molecule has 0 radical (unpaired) electrons. The summed E-state index contributed by atoms with van der Waals surface area (Å²) in [7, 11) is 0. The van der Waals surface area contributed by atoms with E-state index in [1.807, 2.05) is 11.8 Å². The van der Waals surface area contributed by atoms with Gasteiger partial charge in [-0.25, -0.2) is 0 Å². The van der Waals surface area contributed by atoms with E-state index in [1.54, 1.807) is 11.3 Å². The lowest BCUT2D eigenvalue weighted by Crippen LogP contribution is -2.38. The first-order valence-corrected chi connectivity index (χ1v) is 8.97. The standard InChI is InChI=1S/C17H28N2OS/c1-5-6-7-9-17(3,4)12-19-15(14-8-10-21-11-14)18-13(2)16(19)20/h8,10-11,13,15,18H,5-7,9,12H2,1-4H3. The monoisotopic (exact) mass is 308 g/mol. The van der Waals surface area contributed by atoms with Crippen molar-refractivity contribution in [1.29, 1.82) is 0 Å². The van der Waals surface area contributed by atoms with E-state index in [2.05, 4.69) is 42.9 Å². The number of unbranched alkanes of at least 4 members (excludes halogenated alkanes) is 2. The summed E-state index contributed by atoms with van der Waals surface area (Å²) in [4.78, 5) is 14.5. The van der Waals surface area contributed by atoms with Crippen molar-refractivity contribution < 1.29 is 4.79 Å². The smallest absolute Gasteiger partial charge is 0.241 e. The number of nitrogens with one attached hydrogen (secondary N) is 1. The Morgan fingerprint density at radius 2 is 2.14 bits per heavy atom. The third-order valence-electron chi connectivity index (χ3n) is 4.29. The van der Waals surface area contributed by atoms with Crippen LogP contribution in [0.5, 0.6) is 0 Å². The highest BCUT2D eigenvalue weighted by atomic mass is 32.1. The van der Waals surface area contributed by atoms with Gasteiger partial charge in [0.25, 0.3) is 0 Å². The molecule has 2 unspecified atom stereocenters. The van der Waals surface area contributed by atoms with Gasteiger partial charge in [0.05, 0.1) is 6.04 Å². The van der Waals surface area contributed by atoms with E-state index < -0.39 is 0 Å². The van der Waals surface area contributed by atoms with Crippen LogP contribution in [0.15, 0.2) is 16.8 Å². The second kappa shape index (κ2) is 6.93. The lowest BCUT2D eigenvalue weighted by atomic mass is 9.86. The van der Waals surface area contributed by atoms with Gasteiger partial charge in [-0.2, -0.15) is 11.3 Å². The maximum Gasteiger partial charge on any atom is 0.241 e. The number of thiophene rings is 1. The average Bonchev–Trinajstić information content (AvgIpc) is 3.03. The molecule has 0 aromatic carbocycles. The number of carbonyl (C=O) groups excluding carboxylic acids is 1. The molecule has 0 spiro atoms. The van der Waals surface area contributed by atoms with E-state index >= 15 is 0 Å². The van der Waals surface area contributed by atoms with Crippen LogP contribution in [0.1, 0.15) is 65.1 Å². The number of nitrogens with zero attached hydrogens (tertiary/aromatic N) is 1. The van der Waals surface area contributed by atoms with Crippen LogP contribution >= 0.6 is 11.3 Å². The molecule has 1 aliphatic rings. The minimum absolute atomic E-state index is 0.0456. The van der Waals surface area contributed by atoms with Gasteiger partial charge < -0.3 is 4.90 Å². The van der Waals surface area contributed by atoms with Crippen LogP contribution in [-0.4, -0.2) is 23.4 Å². The minimum Gasteiger partial charge on any atom is -0.321 e. The molecule has 1 amide bonds.